The van der Waals surface area contributed by atoms with Crippen molar-refractivity contribution in [3.05, 3.63) is 58.6 Å². The van der Waals surface area contributed by atoms with Gasteiger partial charge in [0, 0.05) is 17.3 Å². The van der Waals surface area contributed by atoms with Crippen LogP contribution >= 0.6 is 11.6 Å². The normalized spacial score (nSPS) is 11.3. The zero-order valence-corrected chi connectivity index (χ0v) is 11.9. The SMILES string of the molecule is Cc1ccc(NCc2ccc(OC(F)(F)F)cc2)cc1Cl. The minimum atomic E-state index is -4.67. The second-order valence-corrected chi connectivity index (χ2v) is 4.92. The summed E-state index contributed by atoms with van der Waals surface area (Å²) >= 11 is 6.01. The monoisotopic (exact) mass is 315 g/mol. The average Bonchev–Trinajstić information content (AvgIpc) is 2.40. The Balaban J connectivity index is 1.96. The second-order valence-electron chi connectivity index (χ2n) is 4.51. The zero-order valence-electron chi connectivity index (χ0n) is 11.2. The number of halogens is 4. The minimum Gasteiger partial charge on any atom is -0.406 e. The summed E-state index contributed by atoms with van der Waals surface area (Å²) in [5, 5.41) is 3.81. The molecule has 0 unspecified atom stereocenters. The van der Waals surface area contributed by atoms with Crippen LogP contribution in [0.4, 0.5) is 18.9 Å². The van der Waals surface area contributed by atoms with Crippen LogP contribution in [0.1, 0.15) is 11.1 Å². The van der Waals surface area contributed by atoms with Crippen LogP contribution in [0.3, 0.4) is 0 Å². The molecule has 0 heterocycles. The maximum Gasteiger partial charge on any atom is 0.573 e. The van der Waals surface area contributed by atoms with Gasteiger partial charge in [0.1, 0.15) is 5.75 Å². The van der Waals surface area contributed by atoms with Gasteiger partial charge in [-0.05, 0) is 42.3 Å². The Morgan fingerprint density at radius 1 is 1.10 bits per heavy atom. The molecule has 2 aromatic carbocycles. The van der Waals surface area contributed by atoms with E-state index >= 15 is 0 Å². The van der Waals surface area contributed by atoms with Crippen molar-refractivity contribution in [3.63, 3.8) is 0 Å². The summed E-state index contributed by atoms with van der Waals surface area (Å²) in [6.07, 6.45) is -4.67. The molecule has 0 aliphatic heterocycles. The van der Waals surface area contributed by atoms with Gasteiger partial charge in [0.05, 0.1) is 0 Å². The first-order valence-electron chi connectivity index (χ1n) is 6.18. The Bertz CT molecular complexity index is 611. The molecule has 0 fully saturated rings. The van der Waals surface area contributed by atoms with Gasteiger partial charge in [-0.15, -0.1) is 13.2 Å². The van der Waals surface area contributed by atoms with Gasteiger partial charge < -0.3 is 10.1 Å². The fraction of sp³-hybridized carbons (Fsp3) is 0.200. The maximum atomic E-state index is 12.0. The number of hydrogen-bond donors (Lipinski definition) is 1. The van der Waals surface area contributed by atoms with Crippen molar-refractivity contribution >= 4 is 17.3 Å². The van der Waals surface area contributed by atoms with Gasteiger partial charge in [-0.3, -0.25) is 0 Å². The van der Waals surface area contributed by atoms with Crippen LogP contribution < -0.4 is 10.1 Å². The second kappa shape index (κ2) is 6.26. The molecule has 0 radical (unpaired) electrons. The van der Waals surface area contributed by atoms with Gasteiger partial charge in [-0.1, -0.05) is 29.8 Å². The van der Waals surface area contributed by atoms with Gasteiger partial charge in [0.25, 0.3) is 0 Å². The molecule has 1 N–H and O–H groups in total. The smallest absolute Gasteiger partial charge is 0.406 e. The topological polar surface area (TPSA) is 21.3 Å². The number of ether oxygens (including phenoxy) is 1. The lowest BCUT2D eigenvalue weighted by molar-refractivity contribution is -0.274. The molecule has 0 amide bonds. The largest absolute Gasteiger partial charge is 0.573 e. The molecular formula is C15H13ClF3NO. The van der Waals surface area contributed by atoms with E-state index in [0.29, 0.717) is 11.6 Å². The molecule has 112 valence electrons. The molecule has 0 saturated heterocycles. The lowest BCUT2D eigenvalue weighted by atomic mass is 10.2. The quantitative estimate of drug-likeness (QED) is 0.841. The third-order valence-electron chi connectivity index (χ3n) is 2.83. The molecule has 0 aliphatic carbocycles. The van der Waals surface area contributed by atoms with E-state index in [1.807, 2.05) is 19.1 Å². The number of hydrogen-bond acceptors (Lipinski definition) is 2. The molecule has 2 rings (SSSR count). The van der Waals surface area contributed by atoms with Crippen LogP contribution in [0.25, 0.3) is 0 Å². The Kier molecular flexibility index (Phi) is 4.63. The summed E-state index contributed by atoms with van der Waals surface area (Å²) in [6.45, 7) is 2.39. The molecule has 21 heavy (non-hydrogen) atoms. The highest BCUT2D eigenvalue weighted by molar-refractivity contribution is 6.31. The molecule has 0 aromatic heterocycles. The summed E-state index contributed by atoms with van der Waals surface area (Å²) in [6, 6.07) is 11.3. The van der Waals surface area contributed by atoms with E-state index in [1.54, 1.807) is 18.2 Å². The van der Waals surface area contributed by atoms with Crippen molar-refractivity contribution in [1.29, 1.82) is 0 Å². The number of alkyl halides is 3. The number of rotatable bonds is 4. The van der Waals surface area contributed by atoms with Crippen molar-refractivity contribution in [2.24, 2.45) is 0 Å². The Morgan fingerprint density at radius 3 is 2.33 bits per heavy atom. The van der Waals surface area contributed by atoms with Gasteiger partial charge in [-0.2, -0.15) is 0 Å². The first kappa shape index (κ1) is 15.5. The average molecular weight is 316 g/mol. The molecule has 0 spiro atoms. The third-order valence-corrected chi connectivity index (χ3v) is 3.23. The van der Waals surface area contributed by atoms with Crippen molar-refractivity contribution in [2.45, 2.75) is 19.8 Å². The van der Waals surface area contributed by atoms with Crippen molar-refractivity contribution in [3.8, 4) is 5.75 Å². The van der Waals surface area contributed by atoms with Gasteiger partial charge in [-0.25, -0.2) is 0 Å². The Morgan fingerprint density at radius 2 is 1.76 bits per heavy atom. The van der Waals surface area contributed by atoms with Crippen LogP contribution in [0, 0.1) is 6.92 Å². The van der Waals surface area contributed by atoms with Crippen molar-refractivity contribution in [1.82, 2.24) is 0 Å². The highest BCUT2D eigenvalue weighted by atomic mass is 35.5. The first-order valence-corrected chi connectivity index (χ1v) is 6.56. The highest BCUT2D eigenvalue weighted by Crippen LogP contribution is 2.23. The van der Waals surface area contributed by atoms with E-state index in [2.05, 4.69) is 10.1 Å². The summed E-state index contributed by atoms with van der Waals surface area (Å²) in [7, 11) is 0. The number of aryl methyl sites for hydroxylation is 1. The van der Waals surface area contributed by atoms with Crippen molar-refractivity contribution in [2.75, 3.05) is 5.32 Å². The predicted octanol–water partition coefficient (Wildman–Crippen LogP) is 5.16. The summed E-state index contributed by atoms with van der Waals surface area (Å²) in [5.41, 5.74) is 2.67. The third kappa shape index (κ3) is 4.86. The molecule has 2 aromatic rings. The lowest BCUT2D eigenvalue weighted by Gasteiger charge is -2.10. The van der Waals surface area contributed by atoms with E-state index < -0.39 is 6.36 Å². The predicted molar refractivity (Wildman–Crippen MR) is 76.6 cm³/mol. The molecule has 0 atom stereocenters. The molecular weight excluding hydrogens is 303 g/mol. The Hall–Kier alpha value is -1.88. The fourth-order valence-electron chi connectivity index (χ4n) is 1.72. The molecule has 0 aliphatic rings. The van der Waals surface area contributed by atoms with Crippen LogP contribution in [-0.4, -0.2) is 6.36 Å². The minimum absolute atomic E-state index is 0.232. The van der Waals surface area contributed by atoms with E-state index in [4.69, 9.17) is 11.6 Å². The lowest BCUT2D eigenvalue weighted by Crippen LogP contribution is -2.17. The van der Waals surface area contributed by atoms with Gasteiger partial charge in [0.15, 0.2) is 0 Å². The molecule has 2 nitrogen and oxygen atoms in total. The van der Waals surface area contributed by atoms with Gasteiger partial charge in [0.2, 0.25) is 0 Å². The fourth-order valence-corrected chi connectivity index (χ4v) is 1.90. The van der Waals surface area contributed by atoms with Crippen LogP contribution in [0.5, 0.6) is 5.75 Å². The molecule has 0 saturated carbocycles. The van der Waals surface area contributed by atoms with E-state index in [0.717, 1.165) is 16.8 Å². The van der Waals surface area contributed by atoms with Crippen molar-refractivity contribution < 1.29 is 17.9 Å². The highest BCUT2D eigenvalue weighted by Gasteiger charge is 2.30. The van der Waals surface area contributed by atoms with Crippen LogP contribution in [0.2, 0.25) is 5.02 Å². The summed E-state index contributed by atoms with van der Waals surface area (Å²) in [5.74, 6) is -0.232. The van der Waals surface area contributed by atoms with E-state index in [9.17, 15) is 13.2 Å². The van der Waals surface area contributed by atoms with Crippen LogP contribution in [-0.2, 0) is 6.54 Å². The number of nitrogens with one attached hydrogen (secondary N) is 1. The summed E-state index contributed by atoms with van der Waals surface area (Å²) < 4.78 is 39.9. The van der Waals surface area contributed by atoms with E-state index in [-0.39, 0.29) is 5.75 Å². The van der Waals surface area contributed by atoms with E-state index in [1.165, 1.54) is 12.1 Å². The van der Waals surface area contributed by atoms with Crippen LogP contribution in [0.15, 0.2) is 42.5 Å². The Labute approximate surface area is 125 Å². The van der Waals surface area contributed by atoms with Gasteiger partial charge >= 0.3 is 6.36 Å². The number of anilines is 1. The zero-order chi connectivity index (χ0) is 15.5. The molecule has 6 heteroatoms. The first-order chi connectivity index (χ1) is 9.83. The standard InChI is InChI=1S/C15H13ClF3NO/c1-10-2-5-12(8-14(10)16)20-9-11-3-6-13(7-4-11)21-15(17,18)19/h2-8,20H,9H2,1H3. The number of benzene rings is 2. The maximum absolute atomic E-state index is 12.0. The summed E-state index contributed by atoms with van der Waals surface area (Å²) in [4.78, 5) is 0. The molecule has 0 bridgehead atoms.